The molecule has 1 aliphatic heterocycles. The van der Waals surface area contributed by atoms with E-state index < -0.39 is 34.4 Å². The third kappa shape index (κ3) is 3.16. The molecule has 0 amide bonds. The van der Waals surface area contributed by atoms with E-state index in [-0.39, 0.29) is 5.75 Å². The lowest BCUT2D eigenvalue weighted by molar-refractivity contribution is -0.527. The van der Waals surface area contributed by atoms with Gasteiger partial charge in [-0.1, -0.05) is 30.3 Å². The zero-order valence-corrected chi connectivity index (χ0v) is 15.8. The summed E-state index contributed by atoms with van der Waals surface area (Å²) < 4.78 is 10.1. The zero-order valence-electron chi connectivity index (χ0n) is 15.8. The van der Waals surface area contributed by atoms with Gasteiger partial charge in [0, 0.05) is 10.5 Å². The van der Waals surface area contributed by atoms with Crippen molar-refractivity contribution in [3.63, 3.8) is 0 Å². The summed E-state index contributed by atoms with van der Waals surface area (Å²) in [6.45, 7) is 1.59. The first-order chi connectivity index (χ1) is 13.3. The van der Waals surface area contributed by atoms with Crippen LogP contribution in [0.3, 0.4) is 0 Å². The van der Waals surface area contributed by atoms with Crippen LogP contribution in [0.1, 0.15) is 30.0 Å². The third-order valence-electron chi connectivity index (χ3n) is 5.36. The Morgan fingerprint density at radius 3 is 2.36 bits per heavy atom. The normalized spacial score (nSPS) is 26.6. The molecule has 0 bridgehead atoms. The number of esters is 1. The van der Waals surface area contributed by atoms with Crippen LogP contribution in [-0.4, -0.2) is 41.8 Å². The molecule has 4 unspecified atom stereocenters. The number of aromatic hydroxyl groups is 1. The number of nitrogens with one attached hydrogen (secondary N) is 1. The van der Waals surface area contributed by atoms with E-state index in [1.165, 1.54) is 20.3 Å². The molecule has 1 fully saturated rings. The van der Waals surface area contributed by atoms with E-state index in [9.17, 15) is 20.0 Å². The van der Waals surface area contributed by atoms with Crippen LogP contribution in [0.25, 0.3) is 0 Å². The highest BCUT2D eigenvalue weighted by atomic mass is 16.6. The van der Waals surface area contributed by atoms with Crippen LogP contribution in [0.15, 0.2) is 48.5 Å². The Bertz CT molecular complexity index is 885. The average molecular weight is 386 g/mol. The molecular formula is C20H22N2O6. The van der Waals surface area contributed by atoms with E-state index >= 15 is 0 Å². The lowest BCUT2D eigenvalue weighted by atomic mass is 9.78. The number of hydrogen-bond acceptors (Lipinski definition) is 7. The van der Waals surface area contributed by atoms with Crippen LogP contribution in [0.4, 0.5) is 0 Å². The van der Waals surface area contributed by atoms with Gasteiger partial charge in [0.15, 0.2) is 0 Å². The fourth-order valence-corrected chi connectivity index (χ4v) is 4.03. The van der Waals surface area contributed by atoms with Crippen LogP contribution in [0, 0.1) is 10.1 Å². The molecule has 8 nitrogen and oxygen atoms in total. The van der Waals surface area contributed by atoms with Crippen molar-refractivity contribution in [1.82, 2.24) is 5.32 Å². The SMILES string of the molecule is COC(=O)C1(C)NC(c2ccccc2O)C([N+](=O)[O-])C1c1ccc(OC)cc1. The number of carbonyl (C=O) groups is 1. The fraction of sp³-hybridized carbons (Fsp3) is 0.350. The van der Waals surface area contributed by atoms with Gasteiger partial charge < -0.3 is 14.6 Å². The van der Waals surface area contributed by atoms with Crippen molar-refractivity contribution in [2.45, 2.75) is 30.5 Å². The maximum atomic E-state index is 12.7. The Morgan fingerprint density at radius 2 is 1.82 bits per heavy atom. The standard InChI is InChI=1S/C20H22N2O6/c1-20(19(24)28-3)16(12-8-10-13(27-2)11-9-12)18(22(25)26)17(21-20)14-6-4-5-7-15(14)23/h4-11,16-18,21,23H,1-3H3. The van der Waals surface area contributed by atoms with Gasteiger partial charge in [-0.15, -0.1) is 0 Å². The number of phenols is 1. The van der Waals surface area contributed by atoms with Crippen LogP contribution >= 0.6 is 0 Å². The number of rotatable bonds is 5. The summed E-state index contributed by atoms with van der Waals surface area (Å²) in [5, 5.41) is 25.5. The van der Waals surface area contributed by atoms with Crippen molar-refractivity contribution in [3.05, 3.63) is 69.8 Å². The smallest absolute Gasteiger partial charge is 0.326 e. The predicted octanol–water partition coefficient (Wildman–Crippen LogP) is 2.41. The van der Waals surface area contributed by atoms with E-state index in [1.807, 2.05) is 0 Å². The Balaban J connectivity index is 2.17. The monoisotopic (exact) mass is 386 g/mol. The number of nitrogens with zero attached hydrogens (tertiary/aromatic N) is 1. The summed E-state index contributed by atoms with van der Waals surface area (Å²) in [4.78, 5) is 24.4. The quantitative estimate of drug-likeness (QED) is 0.461. The van der Waals surface area contributed by atoms with Gasteiger partial charge >= 0.3 is 5.97 Å². The minimum Gasteiger partial charge on any atom is -0.508 e. The van der Waals surface area contributed by atoms with Gasteiger partial charge in [0.05, 0.1) is 20.1 Å². The predicted molar refractivity (Wildman–Crippen MR) is 101 cm³/mol. The minimum atomic E-state index is -1.37. The number of methoxy groups -OCH3 is 2. The van der Waals surface area contributed by atoms with Gasteiger partial charge in [-0.25, -0.2) is 0 Å². The molecule has 0 aliphatic carbocycles. The molecule has 4 atom stereocenters. The largest absolute Gasteiger partial charge is 0.508 e. The summed E-state index contributed by atoms with van der Waals surface area (Å²) in [5.41, 5.74) is -0.412. The van der Waals surface area contributed by atoms with Crippen molar-refractivity contribution in [1.29, 1.82) is 0 Å². The van der Waals surface area contributed by atoms with Gasteiger partial charge in [0.2, 0.25) is 6.04 Å². The number of phenolic OH excluding ortho intramolecular Hbond substituents is 1. The first-order valence-electron chi connectivity index (χ1n) is 8.75. The van der Waals surface area contributed by atoms with Crippen molar-refractivity contribution >= 4 is 5.97 Å². The van der Waals surface area contributed by atoms with Crippen LogP contribution in [0.2, 0.25) is 0 Å². The molecule has 0 saturated carbocycles. The Hall–Kier alpha value is -3.13. The van der Waals surface area contributed by atoms with E-state index in [4.69, 9.17) is 9.47 Å². The average Bonchev–Trinajstić information content (AvgIpc) is 3.02. The fourth-order valence-electron chi connectivity index (χ4n) is 4.03. The van der Waals surface area contributed by atoms with Crippen LogP contribution in [-0.2, 0) is 9.53 Å². The number of benzene rings is 2. The van der Waals surface area contributed by atoms with Gasteiger partial charge in [-0.05, 0) is 30.7 Å². The maximum absolute atomic E-state index is 12.7. The van der Waals surface area contributed by atoms with Crippen molar-refractivity contribution in [2.24, 2.45) is 0 Å². The number of nitro groups is 1. The molecule has 2 aromatic rings. The van der Waals surface area contributed by atoms with Crippen molar-refractivity contribution < 1.29 is 24.3 Å². The molecule has 1 aliphatic rings. The second-order valence-corrected chi connectivity index (χ2v) is 6.90. The second kappa shape index (κ2) is 7.47. The summed E-state index contributed by atoms with van der Waals surface area (Å²) in [6.07, 6.45) is 0. The topological polar surface area (TPSA) is 111 Å². The summed E-state index contributed by atoms with van der Waals surface area (Å²) in [7, 11) is 2.77. The molecule has 1 heterocycles. The Kier molecular flexibility index (Phi) is 5.24. The maximum Gasteiger partial charge on any atom is 0.326 e. The van der Waals surface area contributed by atoms with Gasteiger partial charge in [-0.2, -0.15) is 0 Å². The van der Waals surface area contributed by atoms with Gasteiger partial charge in [-0.3, -0.25) is 20.2 Å². The third-order valence-corrected chi connectivity index (χ3v) is 5.36. The number of ether oxygens (including phenoxy) is 2. The summed E-state index contributed by atoms with van der Waals surface area (Å²) in [5.74, 6) is -0.914. The Labute approximate surface area is 162 Å². The van der Waals surface area contributed by atoms with E-state index in [2.05, 4.69) is 5.32 Å². The van der Waals surface area contributed by atoms with Crippen molar-refractivity contribution in [2.75, 3.05) is 14.2 Å². The van der Waals surface area contributed by atoms with Gasteiger partial charge in [0.25, 0.3) is 0 Å². The number of para-hydroxylation sites is 1. The minimum absolute atomic E-state index is 0.0746. The molecule has 2 aromatic carbocycles. The molecule has 1 saturated heterocycles. The molecule has 8 heteroatoms. The molecule has 0 radical (unpaired) electrons. The first kappa shape index (κ1) is 19.6. The lowest BCUT2D eigenvalue weighted by Crippen LogP contribution is -2.50. The van der Waals surface area contributed by atoms with E-state index in [0.717, 1.165) is 0 Å². The first-order valence-corrected chi connectivity index (χ1v) is 8.75. The van der Waals surface area contributed by atoms with Crippen molar-refractivity contribution in [3.8, 4) is 11.5 Å². The van der Waals surface area contributed by atoms with Crippen LogP contribution < -0.4 is 10.1 Å². The highest BCUT2D eigenvalue weighted by Crippen LogP contribution is 2.47. The van der Waals surface area contributed by atoms with Gasteiger partial charge in [0.1, 0.15) is 23.1 Å². The number of carbonyl (C=O) groups excluding carboxylic acids is 1. The lowest BCUT2D eigenvalue weighted by Gasteiger charge is -2.28. The molecule has 148 valence electrons. The molecular weight excluding hydrogens is 364 g/mol. The van der Waals surface area contributed by atoms with E-state index in [1.54, 1.807) is 49.4 Å². The molecule has 2 N–H and O–H groups in total. The molecule has 0 aromatic heterocycles. The zero-order chi connectivity index (χ0) is 20.5. The molecule has 0 spiro atoms. The number of hydrogen-bond donors (Lipinski definition) is 2. The molecule has 28 heavy (non-hydrogen) atoms. The van der Waals surface area contributed by atoms with Crippen LogP contribution in [0.5, 0.6) is 11.5 Å². The summed E-state index contributed by atoms with van der Waals surface area (Å²) in [6, 6.07) is 11.1. The summed E-state index contributed by atoms with van der Waals surface area (Å²) >= 11 is 0. The Morgan fingerprint density at radius 1 is 1.18 bits per heavy atom. The molecule has 3 rings (SSSR count). The highest BCUT2D eigenvalue weighted by molar-refractivity contribution is 5.83. The second-order valence-electron chi connectivity index (χ2n) is 6.90. The van der Waals surface area contributed by atoms with E-state index in [0.29, 0.717) is 16.9 Å². The highest BCUT2D eigenvalue weighted by Gasteiger charge is 2.62.